The molecule has 5 rings (SSSR count). The van der Waals surface area contributed by atoms with Gasteiger partial charge in [-0.15, -0.1) is 0 Å². The number of amides is 2. The van der Waals surface area contributed by atoms with Crippen LogP contribution in [0.15, 0.2) is 30.7 Å². The third-order valence-electron chi connectivity index (χ3n) is 7.75. The van der Waals surface area contributed by atoms with Crippen molar-refractivity contribution in [2.75, 3.05) is 0 Å². The third-order valence-corrected chi connectivity index (χ3v) is 7.75. The number of rotatable bonds is 9. The van der Waals surface area contributed by atoms with Gasteiger partial charge in [-0.1, -0.05) is 0 Å². The number of nitrogens with zero attached hydrogens (tertiary/aromatic N) is 5. The molecule has 0 unspecified atom stereocenters. The number of hydrogen-bond donors (Lipinski definition) is 2. The number of carbonyl (C=O) groups excluding carboxylic acids is 2. The van der Waals surface area contributed by atoms with E-state index in [0.717, 1.165) is 19.0 Å². The van der Waals surface area contributed by atoms with Gasteiger partial charge in [-0.05, 0) is 55.2 Å². The summed E-state index contributed by atoms with van der Waals surface area (Å²) in [6.45, 7) is 0. The molecule has 2 fully saturated rings. The van der Waals surface area contributed by atoms with Crippen LogP contribution in [-0.4, -0.2) is 48.5 Å². The average molecular weight is 634 g/mol. The Bertz CT molecular complexity index is 1510. The molecule has 0 aromatic carbocycles. The number of halogens is 8. The highest BCUT2D eigenvalue weighted by Gasteiger charge is 2.40. The Morgan fingerprint density at radius 1 is 0.977 bits per heavy atom. The van der Waals surface area contributed by atoms with Gasteiger partial charge in [0.2, 0.25) is 17.7 Å². The molecule has 2 saturated carbocycles. The van der Waals surface area contributed by atoms with E-state index in [2.05, 4.69) is 30.7 Å². The van der Waals surface area contributed by atoms with E-state index in [1.54, 1.807) is 6.07 Å². The zero-order valence-corrected chi connectivity index (χ0v) is 22.9. The van der Waals surface area contributed by atoms with Gasteiger partial charge in [-0.3, -0.25) is 9.59 Å². The van der Waals surface area contributed by atoms with Gasteiger partial charge in [-0.25, -0.2) is 28.2 Å². The second-order valence-electron chi connectivity index (χ2n) is 11.2. The van der Waals surface area contributed by atoms with Gasteiger partial charge >= 0.3 is 12.4 Å². The molecular formula is C27H27F8N7O2. The molecule has 17 heteroatoms. The maximum Gasteiger partial charge on any atom is 0.433 e. The van der Waals surface area contributed by atoms with Crippen molar-refractivity contribution in [1.29, 1.82) is 0 Å². The van der Waals surface area contributed by atoms with Crippen LogP contribution >= 0.6 is 0 Å². The summed E-state index contributed by atoms with van der Waals surface area (Å²) < 4.78 is 106. The number of nitrogens with one attached hydrogen (secondary N) is 2. The molecule has 0 radical (unpaired) electrons. The Balaban J connectivity index is 1.41. The fourth-order valence-electron chi connectivity index (χ4n) is 5.29. The highest BCUT2D eigenvalue weighted by atomic mass is 19.4. The van der Waals surface area contributed by atoms with Crippen LogP contribution in [0.4, 0.5) is 35.1 Å². The molecule has 2 aliphatic rings. The first-order valence-corrected chi connectivity index (χ1v) is 13.9. The summed E-state index contributed by atoms with van der Waals surface area (Å²) in [5, 5.41) is 9.51. The number of aromatic nitrogens is 5. The van der Waals surface area contributed by atoms with Crippen LogP contribution in [-0.2, 0) is 11.0 Å². The van der Waals surface area contributed by atoms with Crippen molar-refractivity contribution in [2.45, 2.75) is 81.7 Å². The Kier molecular flexibility index (Phi) is 8.50. The highest BCUT2D eigenvalue weighted by molar-refractivity contribution is 5.90. The lowest BCUT2D eigenvalue weighted by molar-refractivity contribution is -0.144. The van der Waals surface area contributed by atoms with Crippen molar-refractivity contribution in [3.05, 3.63) is 53.5 Å². The van der Waals surface area contributed by atoms with Gasteiger partial charge < -0.3 is 10.6 Å². The molecule has 2 aliphatic carbocycles. The van der Waals surface area contributed by atoms with Crippen molar-refractivity contribution < 1.29 is 44.7 Å². The standard InChI is InChI=1S/C27H27F8N7O2/c28-25(29)7-3-15(4-8-25)22(41-24(44)23-36-10-6-18(39-23)27(33,34)35)17-13-42-19(38-17)11-16(12-37-42)21(14-1-2-14)40-20(43)5-9-26(30,31)32/h6,10-15,21-22H,1-5,7-9H2,(H,40,43)(H,41,44)/t21-,22+/m1/s1. The van der Waals surface area contributed by atoms with Gasteiger partial charge in [0.05, 0.1) is 36.6 Å². The topological polar surface area (TPSA) is 114 Å². The highest BCUT2D eigenvalue weighted by Crippen LogP contribution is 2.43. The summed E-state index contributed by atoms with van der Waals surface area (Å²) >= 11 is 0. The van der Waals surface area contributed by atoms with Crippen LogP contribution in [0.3, 0.4) is 0 Å². The van der Waals surface area contributed by atoms with Gasteiger partial charge in [0, 0.05) is 25.5 Å². The monoisotopic (exact) mass is 633 g/mol. The van der Waals surface area contributed by atoms with Crippen LogP contribution in [0.2, 0.25) is 0 Å². The van der Waals surface area contributed by atoms with E-state index in [9.17, 15) is 44.7 Å². The van der Waals surface area contributed by atoms with Crippen LogP contribution in [0.25, 0.3) is 5.65 Å². The summed E-state index contributed by atoms with van der Waals surface area (Å²) in [7, 11) is 0. The Labute approximate surface area is 244 Å². The molecule has 44 heavy (non-hydrogen) atoms. The van der Waals surface area contributed by atoms with E-state index >= 15 is 0 Å². The van der Waals surface area contributed by atoms with E-state index in [1.165, 1.54) is 16.9 Å². The molecule has 238 valence electrons. The van der Waals surface area contributed by atoms with Crippen LogP contribution in [0.1, 0.15) is 91.0 Å². The minimum atomic E-state index is -4.83. The number of carbonyl (C=O) groups is 2. The molecular weight excluding hydrogens is 606 g/mol. The minimum Gasteiger partial charge on any atom is -0.349 e. The zero-order valence-electron chi connectivity index (χ0n) is 22.9. The summed E-state index contributed by atoms with van der Waals surface area (Å²) in [6.07, 6.45) is -7.10. The van der Waals surface area contributed by atoms with Crippen LogP contribution in [0.5, 0.6) is 0 Å². The first-order valence-electron chi connectivity index (χ1n) is 13.9. The fourth-order valence-corrected chi connectivity index (χ4v) is 5.29. The predicted octanol–water partition coefficient (Wildman–Crippen LogP) is 5.74. The lowest BCUT2D eigenvalue weighted by atomic mass is 9.81. The molecule has 2 atom stereocenters. The number of alkyl halides is 8. The maximum absolute atomic E-state index is 14.0. The van der Waals surface area contributed by atoms with Gasteiger partial charge in [0.25, 0.3) is 5.91 Å². The molecule has 9 nitrogen and oxygen atoms in total. The molecule has 0 spiro atoms. The number of hydrogen-bond acceptors (Lipinski definition) is 6. The van der Waals surface area contributed by atoms with E-state index < -0.39 is 85.3 Å². The van der Waals surface area contributed by atoms with Crippen molar-refractivity contribution in [3.63, 3.8) is 0 Å². The van der Waals surface area contributed by atoms with Crippen molar-refractivity contribution in [3.8, 4) is 0 Å². The summed E-state index contributed by atoms with van der Waals surface area (Å²) in [5.41, 5.74) is -0.398. The molecule has 2 N–H and O–H groups in total. The van der Waals surface area contributed by atoms with Crippen molar-refractivity contribution in [1.82, 2.24) is 35.2 Å². The average Bonchev–Trinajstić information content (AvgIpc) is 3.70. The largest absolute Gasteiger partial charge is 0.433 e. The molecule has 2 amide bonds. The van der Waals surface area contributed by atoms with E-state index in [-0.39, 0.29) is 30.1 Å². The van der Waals surface area contributed by atoms with Gasteiger partial charge in [0.15, 0.2) is 5.65 Å². The van der Waals surface area contributed by atoms with Crippen molar-refractivity contribution in [2.24, 2.45) is 11.8 Å². The predicted molar refractivity (Wildman–Crippen MR) is 136 cm³/mol. The number of imidazole rings is 1. The van der Waals surface area contributed by atoms with E-state index in [4.69, 9.17) is 0 Å². The van der Waals surface area contributed by atoms with Crippen molar-refractivity contribution >= 4 is 17.5 Å². The Morgan fingerprint density at radius 2 is 1.66 bits per heavy atom. The second kappa shape index (κ2) is 11.9. The molecule has 3 aromatic rings. The lowest BCUT2D eigenvalue weighted by Crippen LogP contribution is -2.38. The smallest absolute Gasteiger partial charge is 0.349 e. The SMILES string of the molecule is O=C(CCC(F)(F)F)N[C@@H](c1cnn2cc([C@@H](NC(=O)c3nccc(C(F)(F)F)n3)C3CCC(F)(F)CC3)nc2c1)C1CC1. The van der Waals surface area contributed by atoms with Crippen LogP contribution < -0.4 is 10.6 Å². The fraction of sp³-hybridized carbons (Fsp3) is 0.556. The van der Waals surface area contributed by atoms with Gasteiger partial charge in [0.1, 0.15) is 5.69 Å². The second-order valence-corrected chi connectivity index (χ2v) is 11.2. The number of fused-ring (bicyclic) bond motifs is 1. The van der Waals surface area contributed by atoms with E-state index in [1.807, 2.05) is 0 Å². The molecule has 3 heterocycles. The minimum absolute atomic E-state index is 0.00748. The molecule has 3 aromatic heterocycles. The van der Waals surface area contributed by atoms with Crippen LogP contribution in [0, 0.1) is 11.8 Å². The third kappa shape index (κ3) is 7.77. The van der Waals surface area contributed by atoms with E-state index in [0.29, 0.717) is 11.6 Å². The normalized spacial score (nSPS) is 19.0. The Morgan fingerprint density at radius 3 is 2.30 bits per heavy atom. The maximum atomic E-state index is 14.0. The Hall–Kier alpha value is -3.92. The first kappa shape index (κ1) is 31.5. The van der Waals surface area contributed by atoms with Gasteiger partial charge in [-0.2, -0.15) is 31.4 Å². The quantitative estimate of drug-likeness (QED) is 0.291. The summed E-state index contributed by atoms with van der Waals surface area (Å²) in [4.78, 5) is 36.7. The molecule has 0 bridgehead atoms. The summed E-state index contributed by atoms with van der Waals surface area (Å²) in [6, 6.07) is 0.565. The first-order chi connectivity index (χ1) is 20.6. The lowest BCUT2D eigenvalue weighted by Gasteiger charge is -2.33. The summed E-state index contributed by atoms with van der Waals surface area (Å²) in [5.74, 6) is -6.04. The zero-order chi connectivity index (χ0) is 31.9. The molecule has 0 saturated heterocycles. The molecule has 0 aliphatic heterocycles.